The summed E-state index contributed by atoms with van der Waals surface area (Å²) in [6.07, 6.45) is 0. The zero-order valence-corrected chi connectivity index (χ0v) is 10.8. The van der Waals surface area contributed by atoms with Gasteiger partial charge in [0.1, 0.15) is 18.2 Å². The number of halogens is 2. The molecule has 6 heteroatoms. The van der Waals surface area contributed by atoms with Crippen LogP contribution in [0.5, 0.6) is 11.5 Å². The number of aromatic hydroxyl groups is 2. The second kappa shape index (κ2) is 6.78. The molecule has 0 saturated carbocycles. The van der Waals surface area contributed by atoms with Crippen LogP contribution in [0.3, 0.4) is 0 Å². The Labute approximate surface area is 112 Å². The molecule has 0 aliphatic carbocycles. The second-order valence-electron chi connectivity index (χ2n) is 4.20. The molecule has 1 heterocycles. The highest BCUT2D eigenvalue weighted by molar-refractivity contribution is 5.85. The van der Waals surface area contributed by atoms with Crippen LogP contribution >= 0.6 is 12.4 Å². The number of hydrogen-bond acceptors (Lipinski definition) is 4. The minimum Gasteiger partial charge on any atom is -0.508 e. The lowest BCUT2D eigenvalue weighted by molar-refractivity contribution is 0.145. The van der Waals surface area contributed by atoms with E-state index in [0.717, 1.165) is 26.2 Å². The van der Waals surface area contributed by atoms with Crippen molar-refractivity contribution in [3.05, 3.63) is 23.8 Å². The molecule has 1 aliphatic heterocycles. The van der Waals surface area contributed by atoms with Crippen molar-refractivity contribution >= 4 is 12.4 Å². The molecular weight excluding hydrogens is 259 g/mol. The van der Waals surface area contributed by atoms with Crippen molar-refractivity contribution in [2.24, 2.45) is 0 Å². The SMILES string of the molecule is Cl.Oc1ccc([C@@H](CF)N2CCNCC2)c(O)c1. The maximum Gasteiger partial charge on any atom is 0.124 e. The van der Waals surface area contributed by atoms with Gasteiger partial charge in [-0.25, -0.2) is 4.39 Å². The highest BCUT2D eigenvalue weighted by Gasteiger charge is 2.24. The van der Waals surface area contributed by atoms with Crippen molar-refractivity contribution in [1.29, 1.82) is 0 Å². The number of phenolic OH excluding ortho intramolecular Hbond substituents is 2. The molecule has 1 atom stereocenters. The molecule has 18 heavy (non-hydrogen) atoms. The summed E-state index contributed by atoms with van der Waals surface area (Å²) >= 11 is 0. The van der Waals surface area contributed by atoms with Crippen LogP contribution in [-0.4, -0.2) is 48.0 Å². The summed E-state index contributed by atoms with van der Waals surface area (Å²) in [7, 11) is 0. The lowest BCUT2D eigenvalue weighted by atomic mass is 10.0. The topological polar surface area (TPSA) is 55.7 Å². The maximum absolute atomic E-state index is 13.2. The van der Waals surface area contributed by atoms with Crippen LogP contribution in [0.2, 0.25) is 0 Å². The van der Waals surface area contributed by atoms with Crippen LogP contribution in [0.25, 0.3) is 0 Å². The van der Waals surface area contributed by atoms with Crippen LogP contribution in [0.4, 0.5) is 4.39 Å². The molecule has 0 aromatic heterocycles. The summed E-state index contributed by atoms with van der Waals surface area (Å²) in [5.41, 5.74) is 0.534. The fourth-order valence-electron chi connectivity index (χ4n) is 2.19. The number of rotatable bonds is 3. The predicted octanol–water partition coefficient (Wildman–Crippen LogP) is 1.44. The zero-order valence-electron chi connectivity index (χ0n) is 9.97. The Bertz CT molecular complexity index is 386. The van der Waals surface area contributed by atoms with E-state index < -0.39 is 12.7 Å². The maximum atomic E-state index is 13.2. The number of nitrogens with one attached hydrogen (secondary N) is 1. The Morgan fingerprint density at radius 1 is 1.28 bits per heavy atom. The van der Waals surface area contributed by atoms with Gasteiger partial charge in [-0.1, -0.05) is 0 Å². The van der Waals surface area contributed by atoms with Gasteiger partial charge in [-0.05, 0) is 12.1 Å². The summed E-state index contributed by atoms with van der Waals surface area (Å²) in [5.74, 6) is -0.0599. The van der Waals surface area contributed by atoms with Crippen LogP contribution in [-0.2, 0) is 0 Å². The molecule has 2 rings (SSSR count). The van der Waals surface area contributed by atoms with Crippen molar-refractivity contribution in [2.45, 2.75) is 6.04 Å². The molecule has 1 fully saturated rings. The third kappa shape index (κ3) is 3.25. The summed E-state index contributed by atoms with van der Waals surface area (Å²) in [5, 5.41) is 22.2. The minimum absolute atomic E-state index is 0. The van der Waals surface area contributed by atoms with Gasteiger partial charge in [-0.2, -0.15) is 0 Å². The van der Waals surface area contributed by atoms with Crippen molar-refractivity contribution < 1.29 is 14.6 Å². The molecule has 1 aromatic carbocycles. The van der Waals surface area contributed by atoms with Crippen molar-refractivity contribution in [2.75, 3.05) is 32.9 Å². The summed E-state index contributed by atoms with van der Waals surface area (Å²) in [6, 6.07) is 3.87. The van der Waals surface area contributed by atoms with E-state index in [-0.39, 0.29) is 23.9 Å². The number of nitrogens with zero attached hydrogens (tertiary/aromatic N) is 1. The minimum atomic E-state index is -0.543. The lowest BCUT2D eigenvalue weighted by Crippen LogP contribution is -2.45. The Hall–Kier alpha value is -1.04. The number of benzene rings is 1. The molecule has 0 unspecified atom stereocenters. The van der Waals surface area contributed by atoms with Crippen LogP contribution in [0.15, 0.2) is 18.2 Å². The van der Waals surface area contributed by atoms with E-state index in [9.17, 15) is 14.6 Å². The highest BCUT2D eigenvalue weighted by Crippen LogP contribution is 2.31. The molecule has 1 saturated heterocycles. The highest BCUT2D eigenvalue weighted by atomic mass is 35.5. The van der Waals surface area contributed by atoms with Gasteiger partial charge in [0.05, 0.1) is 6.04 Å². The quantitative estimate of drug-likeness (QED) is 0.782. The first-order chi connectivity index (χ1) is 8.22. The first kappa shape index (κ1) is 15.0. The van der Waals surface area contributed by atoms with E-state index in [2.05, 4.69) is 5.32 Å². The van der Waals surface area contributed by atoms with E-state index >= 15 is 0 Å². The molecule has 102 valence electrons. The first-order valence-electron chi connectivity index (χ1n) is 5.75. The molecule has 3 N–H and O–H groups in total. The zero-order chi connectivity index (χ0) is 12.3. The summed E-state index contributed by atoms with van der Waals surface area (Å²) in [4.78, 5) is 2.00. The Morgan fingerprint density at radius 3 is 2.50 bits per heavy atom. The Kier molecular flexibility index (Phi) is 5.65. The molecule has 0 bridgehead atoms. The molecule has 1 aliphatic rings. The number of piperazine rings is 1. The molecule has 0 spiro atoms. The largest absolute Gasteiger partial charge is 0.508 e. The number of phenols is 2. The van der Waals surface area contributed by atoms with Gasteiger partial charge in [-0.3, -0.25) is 4.90 Å². The van der Waals surface area contributed by atoms with E-state index in [1.54, 1.807) is 6.07 Å². The van der Waals surface area contributed by atoms with Gasteiger partial charge in [0, 0.05) is 37.8 Å². The Balaban J connectivity index is 0.00000162. The smallest absolute Gasteiger partial charge is 0.124 e. The van der Waals surface area contributed by atoms with Gasteiger partial charge < -0.3 is 15.5 Å². The van der Waals surface area contributed by atoms with Gasteiger partial charge in [0.25, 0.3) is 0 Å². The monoisotopic (exact) mass is 276 g/mol. The van der Waals surface area contributed by atoms with E-state index in [4.69, 9.17) is 0 Å². The average Bonchev–Trinajstić information content (AvgIpc) is 2.34. The fraction of sp³-hybridized carbons (Fsp3) is 0.500. The normalized spacial score (nSPS) is 18.1. The van der Waals surface area contributed by atoms with Crippen molar-refractivity contribution in [3.63, 3.8) is 0 Å². The van der Waals surface area contributed by atoms with Crippen LogP contribution in [0.1, 0.15) is 11.6 Å². The second-order valence-corrected chi connectivity index (χ2v) is 4.20. The standard InChI is InChI=1S/C12H17FN2O2.ClH/c13-8-11(15-5-3-14-4-6-15)10-2-1-9(16)7-12(10)17;/h1-2,7,11,14,16-17H,3-6,8H2;1H/t11-;/m1./s1. The first-order valence-corrected chi connectivity index (χ1v) is 5.75. The molecule has 4 nitrogen and oxygen atoms in total. The van der Waals surface area contributed by atoms with Gasteiger partial charge in [0.15, 0.2) is 0 Å². The van der Waals surface area contributed by atoms with Gasteiger partial charge in [0.2, 0.25) is 0 Å². The summed E-state index contributed by atoms with van der Waals surface area (Å²) in [6.45, 7) is 2.63. The third-order valence-corrected chi connectivity index (χ3v) is 3.11. The van der Waals surface area contributed by atoms with Gasteiger partial charge >= 0.3 is 0 Å². The molecular formula is C12H18ClFN2O2. The van der Waals surface area contributed by atoms with Crippen LogP contribution < -0.4 is 5.32 Å². The molecule has 1 aromatic rings. The summed E-state index contributed by atoms with van der Waals surface area (Å²) < 4.78 is 13.2. The van der Waals surface area contributed by atoms with E-state index in [1.165, 1.54) is 12.1 Å². The molecule has 0 radical (unpaired) electrons. The van der Waals surface area contributed by atoms with E-state index in [0.29, 0.717) is 5.56 Å². The van der Waals surface area contributed by atoms with Crippen LogP contribution in [0, 0.1) is 0 Å². The fourth-order valence-corrected chi connectivity index (χ4v) is 2.19. The third-order valence-electron chi connectivity index (χ3n) is 3.11. The predicted molar refractivity (Wildman–Crippen MR) is 70.2 cm³/mol. The van der Waals surface area contributed by atoms with Crippen molar-refractivity contribution in [3.8, 4) is 11.5 Å². The molecule has 0 amide bonds. The number of alkyl halides is 1. The Morgan fingerprint density at radius 2 is 1.94 bits per heavy atom. The average molecular weight is 277 g/mol. The van der Waals surface area contributed by atoms with Crippen molar-refractivity contribution in [1.82, 2.24) is 10.2 Å². The lowest BCUT2D eigenvalue weighted by Gasteiger charge is -2.33. The number of hydrogen-bond donors (Lipinski definition) is 3. The van der Waals surface area contributed by atoms with E-state index in [1.807, 2.05) is 4.90 Å². The van der Waals surface area contributed by atoms with Gasteiger partial charge in [-0.15, -0.1) is 12.4 Å².